The summed E-state index contributed by atoms with van der Waals surface area (Å²) >= 11 is 6.20. The predicted molar refractivity (Wildman–Crippen MR) is 65.9 cm³/mol. The molecule has 0 amide bonds. The van der Waals surface area contributed by atoms with Crippen molar-refractivity contribution in [3.8, 4) is 0 Å². The Hall–Kier alpha value is -0.730. The molecule has 0 heterocycles. The highest BCUT2D eigenvalue weighted by Gasteiger charge is 2.26. The van der Waals surface area contributed by atoms with E-state index in [0.29, 0.717) is 5.02 Å². The summed E-state index contributed by atoms with van der Waals surface area (Å²) in [6.07, 6.45) is 0. The van der Waals surface area contributed by atoms with Crippen LogP contribution in [-0.2, 0) is 5.41 Å². The van der Waals surface area contributed by atoms with Gasteiger partial charge in [-0.1, -0.05) is 31.5 Å². The Balaban J connectivity index is 3.37. The molecule has 0 aliphatic carbocycles. The molecule has 1 aromatic carbocycles. The van der Waals surface area contributed by atoms with E-state index < -0.39 is 0 Å². The van der Waals surface area contributed by atoms with Gasteiger partial charge in [-0.15, -0.1) is 0 Å². The second-order valence-corrected chi connectivity index (χ2v) is 4.98. The summed E-state index contributed by atoms with van der Waals surface area (Å²) < 4.78 is 0. The van der Waals surface area contributed by atoms with Gasteiger partial charge in [0, 0.05) is 35.8 Å². The molecule has 0 saturated heterocycles. The summed E-state index contributed by atoms with van der Waals surface area (Å²) in [5.74, 6) is 0. The fraction of sp³-hybridized carbons (Fsp3) is 0.500. The number of aliphatic hydroxyl groups excluding tert-OH is 1. The number of hydrogen-bond acceptors (Lipinski definition) is 2. The molecule has 0 atom stereocenters. The minimum atomic E-state index is -0.321. The van der Waals surface area contributed by atoms with E-state index in [-0.39, 0.29) is 12.0 Å². The van der Waals surface area contributed by atoms with Crippen LogP contribution in [0, 0.1) is 0 Å². The van der Waals surface area contributed by atoms with Crippen LogP contribution in [0.5, 0.6) is 0 Å². The zero-order chi connectivity index (χ0) is 11.6. The van der Waals surface area contributed by atoms with Crippen LogP contribution in [0.3, 0.4) is 0 Å². The lowest BCUT2D eigenvalue weighted by molar-refractivity contribution is 0.219. The van der Waals surface area contributed by atoms with Gasteiger partial charge in [0.25, 0.3) is 0 Å². The number of halogens is 1. The summed E-state index contributed by atoms with van der Waals surface area (Å²) in [7, 11) is 3.95. The number of nitrogens with zero attached hydrogens (tertiary/aromatic N) is 1. The van der Waals surface area contributed by atoms with Gasteiger partial charge in [0.05, 0.1) is 6.61 Å². The van der Waals surface area contributed by atoms with E-state index in [0.717, 1.165) is 11.3 Å². The predicted octanol–water partition coefficient (Wildman–Crippen LogP) is 2.68. The molecule has 0 spiro atoms. The molecule has 1 aromatic rings. The third-order valence-corrected chi connectivity index (χ3v) is 2.86. The number of benzene rings is 1. The van der Waals surface area contributed by atoms with Crippen molar-refractivity contribution in [3.63, 3.8) is 0 Å². The summed E-state index contributed by atoms with van der Waals surface area (Å²) in [6, 6.07) is 5.80. The van der Waals surface area contributed by atoms with Gasteiger partial charge in [-0.3, -0.25) is 0 Å². The topological polar surface area (TPSA) is 23.5 Å². The normalized spacial score (nSPS) is 11.6. The summed E-state index contributed by atoms with van der Waals surface area (Å²) in [5, 5.41) is 10.1. The molecule has 2 nitrogen and oxygen atoms in total. The van der Waals surface area contributed by atoms with E-state index in [1.165, 1.54) is 0 Å². The quantitative estimate of drug-likeness (QED) is 0.859. The second-order valence-electron chi connectivity index (χ2n) is 4.57. The highest BCUT2D eigenvalue weighted by atomic mass is 35.5. The van der Waals surface area contributed by atoms with E-state index in [4.69, 9.17) is 11.6 Å². The molecular formula is C12H18ClNO. The van der Waals surface area contributed by atoms with Gasteiger partial charge in [-0.05, 0) is 12.1 Å². The highest BCUT2D eigenvalue weighted by molar-refractivity contribution is 6.31. The lowest BCUT2D eigenvalue weighted by atomic mass is 9.84. The lowest BCUT2D eigenvalue weighted by Gasteiger charge is -2.29. The Morgan fingerprint density at radius 2 is 1.93 bits per heavy atom. The smallest absolute Gasteiger partial charge is 0.0523 e. The van der Waals surface area contributed by atoms with Gasteiger partial charge in [0.1, 0.15) is 0 Å². The fourth-order valence-corrected chi connectivity index (χ4v) is 2.06. The maximum Gasteiger partial charge on any atom is 0.0523 e. The van der Waals surface area contributed by atoms with E-state index in [9.17, 15) is 5.11 Å². The molecule has 15 heavy (non-hydrogen) atoms. The molecule has 0 unspecified atom stereocenters. The van der Waals surface area contributed by atoms with E-state index in [2.05, 4.69) is 0 Å². The molecule has 0 bridgehead atoms. The van der Waals surface area contributed by atoms with Gasteiger partial charge < -0.3 is 10.0 Å². The molecule has 3 heteroatoms. The van der Waals surface area contributed by atoms with Gasteiger partial charge in [-0.25, -0.2) is 0 Å². The molecule has 1 rings (SSSR count). The summed E-state index contributed by atoms with van der Waals surface area (Å²) in [6.45, 7) is 4.06. The summed E-state index contributed by atoms with van der Waals surface area (Å²) in [4.78, 5) is 2.01. The van der Waals surface area contributed by atoms with Gasteiger partial charge >= 0.3 is 0 Å². The third-order valence-electron chi connectivity index (χ3n) is 2.55. The first kappa shape index (κ1) is 12.3. The molecular weight excluding hydrogens is 210 g/mol. The highest BCUT2D eigenvalue weighted by Crippen LogP contribution is 2.36. The Morgan fingerprint density at radius 1 is 1.33 bits per heavy atom. The van der Waals surface area contributed by atoms with Crippen molar-refractivity contribution in [2.24, 2.45) is 0 Å². The molecule has 0 aromatic heterocycles. The standard InChI is InChI=1S/C12H18ClNO/c1-12(2,8-15)11-9(13)6-5-7-10(11)14(3)4/h5-7,15H,8H2,1-4H3. The van der Waals surface area contributed by atoms with Crippen LogP contribution in [-0.4, -0.2) is 25.8 Å². The first-order chi connectivity index (χ1) is 6.90. The van der Waals surface area contributed by atoms with E-state index >= 15 is 0 Å². The van der Waals surface area contributed by atoms with Gasteiger partial charge in [-0.2, -0.15) is 0 Å². The molecule has 0 aliphatic heterocycles. The molecule has 0 fully saturated rings. The van der Waals surface area contributed by atoms with E-state index in [1.807, 2.05) is 51.0 Å². The Labute approximate surface area is 96.5 Å². The van der Waals surface area contributed by atoms with E-state index in [1.54, 1.807) is 0 Å². The van der Waals surface area contributed by atoms with Gasteiger partial charge in [0.2, 0.25) is 0 Å². The van der Waals surface area contributed by atoms with Crippen LogP contribution in [0.25, 0.3) is 0 Å². The first-order valence-corrected chi connectivity index (χ1v) is 5.35. The van der Waals surface area contributed by atoms with Crippen LogP contribution >= 0.6 is 11.6 Å². The van der Waals surface area contributed by atoms with Crippen LogP contribution in [0.1, 0.15) is 19.4 Å². The average molecular weight is 228 g/mol. The third kappa shape index (κ3) is 2.44. The fourth-order valence-electron chi connectivity index (χ4n) is 1.63. The minimum absolute atomic E-state index is 0.0809. The van der Waals surface area contributed by atoms with Crippen LogP contribution in [0.15, 0.2) is 18.2 Å². The average Bonchev–Trinajstić information content (AvgIpc) is 2.17. The second kappa shape index (κ2) is 4.42. The number of rotatable bonds is 3. The lowest BCUT2D eigenvalue weighted by Crippen LogP contribution is -2.26. The number of anilines is 1. The number of hydrogen-bond donors (Lipinski definition) is 1. The Morgan fingerprint density at radius 3 is 2.40 bits per heavy atom. The zero-order valence-corrected chi connectivity index (χ0v) is 10.5. The largest absolute Gasteiger partial charge is 0.395 e. The zero-order valence-electron chi connectivity index (χ0n) is 9.71. The Bertz CT molecular complexity index is 347. The Kier molecular flexibility index (Phi) is 3.63. The van der Waals surface area contributed by atoms with Gasteiger partial charge in [0.15, 0.2) is 0 Å². The van der Waals surface area contributed by atoms with Crippen molar-refractivity contribution in [3.05, 3.63) is 28.8 Å². The molecule has 84 valence electrons. The monoisotopic (exact) mass is 227 g/mol. The molecule has 1 N–H and O–H groups in total. The molecule has 0 radical (unpaired) electrons. The first-order valence-electron chi connectivity index (χ1n) is 4.97. The van der Waals surface area contributed by atoms with Crippen molar-refractivity contribution in [2.75, 3.05) is 25.6 Å². The minimum Gasteiger partial charge on any atom is -0.395 e. The maximum absolute atomic E-state index is 9.40. The van der Waals surface area contributed by atoms with Crippen molar-refractivity contribution < 1.29 is 5.11 Å². The van der Waals surface area contributed by atoms with Crippen molar-refractivity contribution >= 4 is 17.3 Å². The SMILES string of the molecule is CN(C)c1cccc(Cl)c1C(C)(C)CO. The van der Waals surface area contributed by atoms with Crippen molar-refractivity contribution in [2.45, 2.75) is 19.3 Å². The number of aliphatic hydroxyl groups is 1. The van der Waals surface area contributed by atoms with Crippen LogP contribution in [0.2, 0.25) is 5.02 Å². The van der Waals surface area contributed by atoms with Crippen molar-refractivity contribution in [1.82, 2.24) is 0 Å². The molecule has 0 aliphatic rings. The maximum atomic E-state index is 9.40. The molecule has 0 saturated carbocycles. The van der Waals surface area contributed by atoms with Crippen molar-refractivity contribution in [1.29, 1.82) is 0 Å². The van der Waals surface area contributed by atoms with Crippen LogP contribution < -0.4 is 4.90 Å². The summed E-state index contributed by atoms with van der Waals surface area (Å²) in [5.41, 5.74) is 1.73. The van der Waals surface area contributed by atoms with Crippen LogP contribution in [0.4, 0.5) is 5.69 Å².